The van der Waals surface area contributed by atoms with Gasteiger partial charge in [-0.3, -0.25) is 4.79 Å². The molecule has 1 aliphatic rings. The molecule has 2 heterocycles. The quantitative estimate of drug-likeness (QED) is 0.494. The average Bonchev–Trinajstić information content (AvgIpc) is 2.57. The van der Waals surface area contributed by atoms with E-state index in [2.05, 4.69) is 4.98 Å². The maximum absolute atomic E-state index is 10.9. The van der Waals surface area contributed by atoms with Crippen LogP contribution in [0.4, 0.5) is 0 Å². The topological polar surface area (TPSA) is 103 Å². The molecule has 16 heavy (non-hydrogen) atoms. The second-order valence-electron chi connectivity index (χ2n) is 3.75. The van der Waals surface area contributed by atoms with Gasteiger partial charge in [0.2, 0.25) is 5.56 Å². The van der Waals surface area contributed by atoms with Gasteiger partial charge < -0.3 is 25.0 Å². The van der Waals surface area contributed by atoms with E-state index in [0.29, 0.717) is 5.56 Å². The first-order chi connectivity index (χ1) is 7.63. The molecule has 6 nitrogen and oxygen atoms in total. The van der Waals surface area contributed by atoms with Crippen molar-refractivity contribution in [1.29, 1.82) is 0 Å². The van der Waals surface area contributed by atoms with Crippen LogP contribution in [-0.2, 0) is 4.74 Å². The van der Waals surface area contributed by atoms with E-state index in [1.54, 1.807) is 0 Å². The summed E-state index contributed by atoms with van der Waals surface area (Å²) in [5.74, 6) is 0. The summed E-state index contributed by atoms with van der Waals surface area (Å²) in [5, 5.41) is 28.1. The first-order valence-corrected chi connectivity index (χ1v) is 4.94. The van der Waals surface area contributed by atoms with E-state index in [9.17, 15) is 15.0 Å². The third-order valence-electron chi connectivity index (χ3n) is 2.68. The van der Waals surface area contributed by atoms with Crippen molar-refractivity contribution in [2.75, 3.05) is 6.61 Å². The zero-order chi connectivity index (χ0) is 11.7. The van der Waals surface area contributed by atoms with Gasteiger partial charge in [0.05, 0.1) is 6.61 Å². The average molecular weight is 227 g/mol. The van der Waals surface area contributed by atoms with Crippen LogP contribution in [-0.4, -0.2) is 45.2 Å². The smallest absolute Gasteiger partial charge is 0.247 e. The summed E-state index contributed by atoms with van der Waals surface area (Å²) in [6, 6.07) is 2.82. The van der Waals surface area contributed by atoms with Crippen molar-refractivity contribution in [3.63, 3.8) is 0 Å². The van der Waals surface area contributed by atoms with Gasteiger partial charge in [-0.15, -0.1) is 0 Å². The number of pyridine rings is 1. The summed E-state index contributed by atoms with van der Waals surface area (Å²) >= 11 is 0. The lowest BCUT2D eigenvalue weighted by Gasteiger charge is -2.14. The zero-order valence-corrected chi connectivity index (χ0v) is 8.41. The molecule has 6 heteroatoms. The highest BCUT2D eigenvalue weighted by molar-refractivity contribution is 5.16. The van der Waals surface area contributed by atoms with Gasteiger partial charge in [-0.1, -0.05) is 0 Å². The van der Waals surface area contributed by atoms with Crippen LogP contribution in [0.25, 0.3) is 0 Å². The molecule has 0 aromatic carbocycles. The number of aliphatic hydroxyl groups excluding tert-OH is 3. The molecule has 4 atom stereocenters. The molecule has 1 aromatic rings. The molecule has 2 rings (SSSR count). The van der Waals surface area contributed by atoms with Crippen molar-refractivity contribution < 1.29 is 20.1 Å². The normalized spacial score (nSPS) is 34.2. The number of aromatic nitrogens is 1. The van der Waals surface area contributed by atoms with Crippen LogP contribution in [0.15, 0.2) is 23.1 Å². The minimum atomic E-state index is -1.12. The van der Waals surface area contributed by atoms with Crippen molar-refractivity contribution in [3.05, 3.63) is 34.2 Å². The molecule has 0 amide bonds. The fourth-order valence-electron chi connectivity index (χ4n) is 1.77. The largest absolute Gasteiger partial charge is 0.394 e. The van der Waals surface area contributed by atoms with Gasteiger partial charge in [0, 0.05) is 12.3 Å². The number of hydrogen-bond donors (Lipinski definition) is 4. The predicted octanol–water partition coefficient (Wildman–Crippen LogP) is -1.47. The van der Waals surface area contributed by atoms with E-state index in [1.165, 1.54) is 18.3 Å². The van der Waals surface area contributed by atoms with E-state index < -0.39 is 24.4 Å². The molecular formula is C10H13NO5. The number of H-pyrrole nitrogens is 1. The number of rotatable bonds is 2. The molecule has 0 saturated carbocycles. The molecule has 88 valence electrons. The van der Waals surface area contributed by atoms with Gasteiger partial charge in [-0.2, -0.15) is 0 Å². The van der Waals surface area contributed by atoms with Crippen molar-refractivity contribution in [2.45, 2.75) is 24.4 Å². The Kier molecular flexibility index (Phi) is 3.06. The Balaban J connectivity index is 2.22. The van der Waals surface area contributed by atoms with Crippen molar-refractivity contribution in [2.24, 2.45) is 0 Å². The molecule has 0 bridgehead atoms. The summed E-state index contributed by atoms with van der Waals surface area (Å²) in [6.45, 7) is -0.363. The lowest BCUT2D eigenvalue weighted by atomic mass is 10.0. The highest BCUT2D eigenvalue weighted by atomic mass is 16.6. The van der Waals surface area contributed by atoms with Crippen LogP contribution in [0.3, 0.4) is 0 Å². The maximum Gasteiger partial charge on any atom is 0.247 e. The summed E-state index contributed by atoms with van der Waals surface area (Å²) in [5.41, 5.74) is 0.303. The monoisotopic (exact) mass is 227 g/mol. The van der Waals surface area contributed by atoms with Gasteiger partial charge in [-0.25, -0.2) is 0 Å². The maximum atomic E-state index is 10.9. The summed E-state index contributed by atoms with van der Waals surface area (Å²) < 4.78 is 5.29. The molecule has 0 spiro atoms. The van der Waals surface area contributed by atoms with Gasteiger partial charge in [-0.05, 0) is 11.6 Å². The fraction of sp³-hybridized carbons (Fsp3) is 0.500. The van der Waals surface area contributed by atoms with Gasteiger partial charge in [0.15, 0.2) is 0 Å². The number of hydrogen-bond acceptors (Lipinski definition) is 5. The minimum Gasteiger partial charge on any atom is -0.394 e. The summed E-state index contributed by atoms with van der Waals surface area (Å²) in [7, 11) is 0. The summed E-state index contributed by atoms with van der Waals surface area (Å²) in [6.07, 6.45) is -2.34. The molecule has 1 fully saturated rings. The first-order valence-electron chi connectivity index (χ1n) is 4.94. The summed E-state index contributed by atoms with van der Waals surface area (Å²) in [4.78, 5) is 13.3. The zero-order valence-electron chi connectivity index (χ0n) is 8.41. The van der Waals surface area contributed by atoms with Gasteiger partial charge in [0.25, 0.3) is 0 Å². The van der Waals surface area contributed by atoms with Gasteiger partial charge in [0.1, 0.15) is 24.4 Å². The number of aromatic amines is 1. The Morgan fingerprint density at radius 1 is 1.31 bits per heavy atom. The Labute approximate surface area is 91.1 Å². The molecule has 1 saturated heterocycles. The van der Waals surface area contributed by atoms with Crippen LogP contribution < -0.4 is 5.56 Å². The van der Waals surface area contributed by atoms with Crippen LogP contribution in [0.2, 0.25) is 0 Å². The number of aliphatic hydroxyl groups is 3. The Bertz CT molecular complexity index is 397. The van der Waals surface area contributed by atoms with Crippen molar-refractivity contribution >= 4 is 0 Å². The third kappa shape index (κ3) is 1.88. The molecular weight excluding hydrogens is 214 g/mol. The lowest BCUT2D eigenvalue weighted by molar-refractivity contribution is -0.0228. The Morgan fingerprint density at radius 2 is 2.06 bits per heavy atom. The highest BCUT2D eigenvalue weighted by Crippen LogP contribution is 2.32. The van der Waals surface area contributed by atoms with E-state index in [-0.39, 0.29) is 12.2 Å². The van der Waals surface area contributed by atoms with Crippen LogP contribution in [0.1, 0.15) is 11.7 Å². The highest BCUT2D eigenvalue weighted by Gasteiger charge is 2.42. The van der Waals surface area contributed by atoms with E-state index >= 15 is 0 Å². The van der Waals surface area contributed by atoms with Crippen LogP contribution in [0.5, 0.6) is 0 Å². The molecule has 0 radical (unpaired) electrons. The molecule has 1 aromatic heterocycles. The van der Waals surface area contributed by atoms with Crippen molar-refractivity contribution in [3.8, 4) is 0 Å². The van der Waals surface area contributed by atoms with Gasteiger partial charge >= 0.3 is 0 Å². The Morgan fingerprint density at radius 3 is 2.56 bits per heavy atom. The minimum absolute atomic E-state index is 0.254. The Hall–Kier alpha value is -1.21. The fourth-order valence-corrected chi connectivity index (χ4v) is 1.77. The third-order valence-corrected chi connectivity index (χ3v) is 2.68. The predicted molar refractivity (Wildman–Crippen MR) is 53.8 cm³/mol. The number of ether oxygens (including phenoxy) is 1. The molecule has 4 N–H and O–H groups in total. The second-order valence-corrected chi connectivity index (χ2v) is 3.75. The molecule has 0 aliphatic carbocycles. The van der Waals surface area contributed by atoms with E-state index in [1.807, 2.05) is 0 Å². The molecule has 1 aliphatic heterocycles. The first kappa shape index (κ1) is 11.3. The lowest BCUT2D eigenvalue weighted by Crippen LogP contribution is -2.32. The standard InChI is InChI=1S/C10H13NO5/c12-4-6-8(14)9(15)10(16-6)5-1-2-7(13)11-3-5/h1-3,6,8-10,12,14-15H,4H2,(H,11,13)/t6-,8-,9-,10+/m1/s1. The van der Waals surface area contributed by atoms with Crippen molar-refractivity contribution in [1.82, 2.24) is 4.98 Å². The second kappa shape index (κ2) is 4.34. The van der Waals surface area contributed by atoms with E-state index in [0.717, 1.165) is 0 Å². The molecule has 0 unspecified atom stereocenters. The van der Waals surface area contributed by atoms with Crippen LogP contribution >= 0.6 is 0 Å². The van der Waals surface area contributed by atoms with Crippen LogP contribution in [0, 0.1) is 0 Å². The SMILES string of the molecule is O=c1ccc([C@@H]2O[C@H](CO)[C@@H](O)[C@H]2O)c[nH]1. The number of nitrogens with one attached hydrogen (secondary N) is 1. The van der Waals surface area contributed by atoms with E-state index in [4.69, 9.17) is 9.84 Å².